The third-order valence-electron chi connectivity index (χ3n) is 5.15. The van der Waals surface area contributed by atoms with E-state index in [1.807, 2.05) is 0 Å². The number of hydrogen-bond donors (Lipinski definition) is 1. The maximum atomic E-state index is 13.3. The van der Waals surface area contributed by atoms with Crippen molar-refractivity contribution in [2.45, 2.75) is 18.6 Å². The number of pyridine rings is 1. The molecule has 0 amide bonds. The summed E-state index contributed by atoms with van der Waals surface area (Å²) in [6, 6.07) is 8.59. The van der Waals surface area contributed by atoms with E-state index in [9.17, 15) is 12.8 Å². The first kappa shape index (κ1) is 25.4. The lowest BCUT2D eigenvalue weighted by atomic mass is 10.2. The fourth-order valence-corrected chi connectivity index (χ4v) is 4.64. The topological polar surface area (TPSA) is 134 Å². The quantitative estimate of drug-likeness (QED) is 0.317. The zero-order valence-electron chi connectivity index (χ0n) is 19.4. The minimum Gasteiger partial charge on any atom is -0.494 e. The molecule has 0 radical (unpaired) electrons. The van der Waals surface area contributed by atoms with Gasteiger partial charge in [-0.3, -0.25) is 14.3 Å². The summed E-state index contributed by atoms with van der Waals surface area (Å²) in [6.07, 6.45) is 3.49. The van der Waals surface area contributed by atoms with Crippen LogP contribution >= 0.6 is 15.9 Å². The molecule has 1 N–H and O–H groups in total. The molecule has 0 saturated heterocycles. The van der Waals surface area contributed by atoms with Gasteiger partial charge in [-0.15, -0.1) is 10.2 Å². The second-order valence-electron chi connectivity index (χ2n) is 7.53. The fourth-order valence-electron chi connectivity index (χ4n) is 3.35. The Morgan fingerprint density at radius 3 is 2.36 bits per heavy atom. The molecule has 0 bridgehead atoms. The molecule has 1 atom stereocenters. The van der Waals surface area contributed by atoms with Crippen LogP contribution in [0.15, 0.2) is 53.4 Å². The van der Waals surface area contributed by atoms with Gasteiger partial charge in [0, 0.05) is 17.1 Å². The molecule has 3 aromatic heterocycles. The van der Waals surface area contributed by atoms with E-state index >= 15 is 0 Å². The Bertz CT molecular complexity index is 1460. The average Bonchev–Trinajstić information content (AvgIpc) is 3.27. The van der Waals surface area contributed by atoms with Crippen LogP contribution in [0.5, 0.6) is 11.5 Å². The molecule has 0 aliphatic carbocycles. The number of sulfonamides is 1. The highest BCUT2D eigenvalue weighted by Crippen LogP contribution is 2.37. The van der Waals surface area contributed by atoms with E-state index in [4.69, 9.17) is 9.47 Å². The molecule has 0 unspecified atom stereocenters. The minimum absolute atomic E-state index is 0.0538. The van der Waals surface area contributed by atoms with Gasteiger partial charge in [0.2, 0.25) is 16.0 Å². The van der Waals surface area contributed by atoms with Gasteiger partial charge in [-0.1, -0.05) is 22.0 Å². The van der Waals surface area contributed by atoms with Gasteiger partial charge in [0.05, 0.1) is 31.9 Å². The van der Waals surface area contributed by atoms with Crippen LogP contribution in [0.3, 0.4) is 0 Å². The van der Waals surface area contributed by atoms with Crippen molar-refractivity contribution in [3.63, 3.8) is 0 Å². The third-order valence-corrected chi connectivity index (χ3v) is 7.33. The van der Waals surface area contributed by atoms with E-state index in [-0.39, 0.29) is 24.0 Å². The fraction of sp³-hybridized carbons (Fsp3) is 0.227. The summed E-state index contributed by atoms with van der Waals surface area (Å²) in [5, 5.41) is 7.34. The molecular weight excluding hydrogens is 557 g/mol. The molecule has 3 heterocycles. The van der Waals surface area contributed by atoms with E-state index in [1.54, 1.807) is 36.5 Å². The lowest BCUT2D eigenvalue weighted by Crippen LogP contribution is -2.29. The van der Waals surface area contributed by atoms with E-state index in [0.717, 1.165) is 16.9 Å². The highest BCUT2D eigenvalue weighted by Gasteiger charge is 2.29. The number of aromatic nitrogens is 6. The van der Waals surface area contributed by atoms with Crippen molar-refractivity contribution in [2.75, 3.05) is 18.9 Å². The predicted molar refractivity (Wildman–Crippen MR) is 133 cm³/mol. The number of para-hydroxylation sites is 1. The minimum atomic E-state index is -4.03. The summed E-state index contributed by atoms with van der Waals surface area (Å²) in [7, 11) is -1.07. The molecule has 36 heavy (non-hydrogen) atoms. The Labute approximate surface area is 214 Å². The summed E-state index contributed by atoms with van der Waals surface area (Å²) in [6.45, 7) is 1.48. The number of methoxy groups -OCH3 is 2. The second kappa shape index (κ2) is 10.5. The van der Waals surface area contributed by atoms with Crippen molar-refractivity contribution < 1.29 is 22.3 Å². The summed E-state index contributed by atoms with van der Waals surface area (Å²) in [5.41, 5.74) is 0.791. The SMILES string of the molecule is COc1cccc(OC)c1-n1c(NS(=O)(=O)[C@@H](C)Cc2ncc(F)cn2)nnc1-c1cc(Br)ccn1. The highest BCUT2D eigenvalue weighted by atomic mass is 79.9. The Hall–Kier alpha value is -3.65. The maximum Gasteiger partial charge on any atom is 0.243 e. The average molecular weight is 578 g/mol. The molecule has 14 heteroatoms. The van der Waals surface area contributed by atoms with Crippen LogP contribution in [0, 0.1) is 5.82 Å². The maximum absolute atomic E-state index is 13.3. The molecule has 4 aromatic rings. The molecular formula is C22H21BrFN7O4S. The van der Waals surface area contributed by atoms with Crippen LogP contribution in [0.4, 0.5) is 10.3 Å². The first-order chi connectivity index (χ1) is 17.2. The number of rotatable bonds is 9. The number of benzene rings is 1. The first-order valence-electron chi connectivity index (χ1n) is 10.5. The lowest BCUT2D eigenvalue weighted by molar-refractivity contribution is 0.391. The largest absolute Gasteiger partial charge is 0.494 e. The van der Waals surface area contributed by atoms with E-state index in [2.05, 4.69) is 45.8 Å². The van der Waals surface area contributed by atoms with Crippen molar-refractivity contribution in [3.05, 3.63) is 65.0 Å². The molecule has 1 aromatic carbocycles. The van der Waals surface area contributed by atoms with Crippen molar-refractivity contribution in [1.82, 2.24) is 29.7 Å². The zero-order chi connectivity index (χ0) is 25.9. The van der Waals surface area contributed by atoms with E-state index in [0.29, 0.717) is 22.9 Å². The van der Waals surface area contributed by atoms with Crippen molar-refractivity contribution >= 4 is 31.9 Å². The van der Waals surface area contributed by atoms with Gasteiger partial charge >= 0.3 is 0 Å². The van der Waals surface area contributed by atoms with E-state index < -0.39 is 21.1 Å². The number of halogens is 2. The van der Waals surface area contributed by atoms with Gasteiger partial charge in [0.15, 0.2) is 11.6 Å². The number of nitrogens with zero attached hydrogens (tertiary/aromatic N) is 6. The number of hydrogen-bond acceptors (Lipinski definition) is 9. The Kier molecular flexibility index (Phi) is 7.45. The van der Waals surface area contributed by atoms with Crippen molar-refractivity contribution in [1.29, 1.82) is 0 Å². The predicted octanol–water partition coefficient (Wildman–Crippen LogP) is 3.41. The van der Waals surface area contributed by atoms with Crippen molar-refractivity contribution in [3.8, 4) is 28.7 Å². The standard InChI is InChI=1S/C22H21BrFN7O4S/c1-13(9-19-26-11-15(24)12-27-19)36(32,33)30-22-29-28-21(16-10-14(23)7-8-25-16)31(22)20-17(34-2)5-4-6-18(20)35-3/h4-8,10-13H,9H2,1-3H3,(H,29,30)/t13-/m0/s1. The van der Waals surface area contributed by atoms with Crippen LogP contribution in [0.25, 0.3) is 17.2 Å². The summed E-state index contributed by atoms with van der Waals surface area (Å²) >= 11 is 3.41. The zero-order valence-corrected chi connectivity index (χ0v) is 21.8. The smallest absolute Gasteiger partial charge is 0.243 e. The Balaban J connectivity index is 1.81. The van der Waals surface area contributed by atoms with Crippen molar-refractivity contribution in [2.24, 2.45) is 0 Å². The van der Waals surface area contributed by atoms with Crippen LogP contribution in [-0.2, 0) is 16.4 Å². The molecule has 188 valence electrons. The van der Waals surface area contributed by atoms with Crippen LogP contribution < -0.4 is 14.2 Å². The number of nitrogens with one attached hydrogen (secondary N) is 1. The normalized spacial score (nSPS) is 12.2. The van der Waals surface area contributed by atoms with Gasteiger partial charge in [0.1, 0.15) is 28.7 Å². The van der Waals surface area contributed by atoms with Gasteiger partial charge in [-0.05, 0) is 31.2 Å². The molecule has 11 nitrogen and oxygen atoms in total. The van der Waals surface area contributed by atoms with E-state index in [1.165, 1.54) is 25.7 Å². The summed E-state index contributed by atoms with van der Waals surface area (Å²) < 4.78 is 55.4. The van der Waals surface area contributed by atoms with Gasteiger partial charge < -0.3 is 9.47 Å². The molecule has 0 aliphatic heterocycles. The Morgan fingerprint density at radius 2 is 1.75 bits per heavy atom. The monoisotopic (exact) mass is 577 g/mol. The van der Waals surface area contributed by atoms with Crippen LogP contribution in [0.2, 0.25) is 0 Å². The number of ether oxygens (including phenoxy) is 2. The molecule has 0 fully saturated rings. The number of anilines is 1. The second-order valence-corrected chi connectivity index (χ2v) is 10.5. The molecule has 4 rings (SSSR count). The van der Waals surface area contributed by atoms with Crippen LogP contribution in [-0.4, -0.2) is 57.6 Å². The van der Waals surface area contributed by atoms with Gasteiger partial charge in [-0.25, -0.2) is 22.8 Å². The highest BCUT2D eigenvalue weighted by molar-refractivity contribution is 9.10. The summed E-state index contributed by atoms with van der Waals surface area (Å²) in [5.74, 6) is 0.478. The Morgan fingerprint density at radius 1 is 1.08 bits per heavy atom. The lowest BCUT2D eigenvalue weighted by Gasteiger charge is -2.18. The molecule has 0 aliphatic rings. The van der Waals surface area contributed by atoms with Crippen LogP contribution in [0.1, 0.15) is 12.7 Å². The summed E-state index contributed by atoms with van der Waals surface area (Å²) in [4.78, 5) is 12.0. The van der Waals surface area contributed by atoms with Gasteiger partial charge in [-0.2, -0.15) is 0 Å². The first-order valence-corrected chi connectivity index (χ1v) is 12.8. The third kappa shape index (κ3) is 5.28. The molecule has 0 spiro atoms. The molecule has 0 saturated carbocycles. The van der Waals surface area contributed by atoms with Gasteiger partial charge in [0.25, 0.3) is 0 Å².